The van der Waals surface area contributed by atoms with Crippen molar-refractivity contribution in [1.82, 2.24) is 9.55 Å². The van der Waals surface area contributed by atoms with Crippen LogP contribution < -0.4 is 0 Å². The second kappa shape index (κ2) is 4.56. The summed E-state index contributed by atoms with van der Waals surface area (Å²) in [6.45, 7) is 2.75. The zero-order valence-corrected chi connectivity index (χ0v) is 7.34. The minimum atomic E-state index is -0.532. The lowest BCUT2D eigenvalue weighted by molar-refractivity contribution is -0.397. The molecule has 1 heterocycles. The highest BCUT2D eigenvalue weighted by Gasteiger charge is 2.12. The zero-order chi connectivity index (χ0) is 9.68. The second-order valence-corrected chi connectivity index (χ2v) is 2.49. The molecule has 0 aliphatic heterocycles. The predicted octanol–water partition coefficient (Wildman–Crippen LogP) is 1.18. The Kier molecular flexibility index (Phi) is 3.39. The van der Waals surface area contributed by atoms with E-state index in [1.54, 1.807) is 0 Å². The standard InChI is InChI=1S/C7H11N3O3/c1-2-5-13-6-9-4-3-8-7(9)10(11)12/h3-4H,2,5-6H2,1H3. The number of hydrogen-bond donors (Lipinski definition) is 0. The van der Waals surface area contributed by atoms with Gasteiger partial charge in [0.05, 0.1) is 6.61 Å². The van der Waals surface area contributed by atoms with E-state index < -0.39 is 4.92 Å². The van der Waals surface area contributed by atoms with E-state index >= 15 is 0 Å². The lowest BCUT2D eigenvalue weighted by Gasteiger charge is -2.01. The van der Waals surface area contributed by atoms with Crippen molar-refractivity contribution in [3.05, 3.63) is 22.5 Å². The van der Waals surface area contributed by atoms with Crippen LogP contribution >= 0.6 is 0 Å². The quantitative estimate of drug-likeness (QED) is 0.392. The molecule has 13 heavy (non-hydrogen) atoms. The molecule has 0 N–H and O–H groups in total. The van der Waals surface area contributed by atoms with Gasteiger partial charge >= 0.3 is 5.95 Å². The lowest BCUT2D eigenvalue weighted by Crippen LogP contribution is -2.06. The Morgan fingerprint density at radius 3 is 3.15 bits per heavy atom. The summed E-state index contributed by atoms with van der Waals surface area (Å²) in [6, 6.07) is 0. The van der Waals surface area contributed by atoms with Gasteiger partial charge in [-0.3, -0.25) is 0 Å². The van der Waals surface area contributed by atoms with E-state index in [0.717, 1.165) is 6.42 Å². The highest BCUT2D eigenvalue weighted by molar-refractivity contribution is 5.05. The van der Waals surface area contributed by atoms with Crippen molar-refractivity contribution < 1.29 is 9.66 Å². The van der Waals surface area contributed by atoms with Crippen LogP contribution in [0.15, 0.2) is 12.4 Å². The van der Waals surface area contributed by atoms with Gasteiger partial charge < -0.3 is 14.9 Å². The number of hydrogen-bond acceptors (Lipinski definition) is 4. The van der Waals surface area contributed by atoms with Crippen molar-refractivity contribution in [2.45, 2.75) is 20.1 Å². The molecule has 0 saturated carbocycles. The number of aromatic nitrogens is 2. The van der Waals surface area contributed by atoms with E-state index in [1.165, 1.54) is 17.0 Å². The monoisotopic (exact) mass is 185 g/mol. The van der Waals surface area contributed by atoms with Gasteiger partial charge in [0.2, 0.25) is 0 Å². The van der Waals surface area contributed by atoms with Gasteiger partial charge in [-0.15, -0.1) is 0 Å². The molecule has 1 aromatic rings. The third-order valence-electron chi connectivity index (χ3n) is 1.44. The van der Waals surface area contributed by atoms with Gasteiger partial charge in [-0.25, -0.2) is 4.57 Å². The molecule has 0 aliphatic rings. The van der Waals surface area contributed by atoms with E-state index in [0.29, 0.717) is 6.61 Å². The predicted molar refractivity (Wildman–Crippen MR) is 45.1 cm³/mol. The van der Waals surface area contributed by atoms with Gasteiger partial charge in [0.15, 0.2) is 6.73 Å². The molecule has 6 nitrogen and oxygen atoms in total. The van der Waals surface area contributed by atoms with Crippen LogP contribution in [0.4, 0.5) is 5.95 Å². The Hall–Kier alpha value is -1.43. The molecule has 0 aliphatic carbocycles. The first-order chi connectivity index (χ1) is 6.25. The van der Waals surface area contributed by atoms with Crippen LogP contribution in [0.1, 0.15) is 13.3 Å². The van der Waals surface area contributed by atoms with Gasteiger partial charge in [-0.1, -0.05) is 11.9 Å². The molecule has 1 aromatic heterocycles. The van der Waals surface area contributed by atoms with Crippen molar-refractivity contribution in [3.63, 3.8) is 0 Å². The van der Waals surface area contributed by atoms with Gasteiger partial charge in [0.1, 0.15) is 12.4 Å². The van der Waals surface area contributed by atoms with Crippen LogP contribution in [0.3, 0.4) is 0 Å². The van der Waals surface area contributed by atoms with Gasteiger partial charge in [0, 0.05) is 0 Å². The largest absolute Gasteiger partial charge is 0.436 e. The fraction of sp³-hybridized carbons (Fsp3) is 0.571. The fourth-order valence-electron chi connectivity index (χ4n) is 0.881. The third-order valence-corrected chi connectivity index (χ3v) is 1.44. The van der Waals surface area contributed by atoms with E-state index in [9.17, 15) is 10.1 Å². The van der Waals surface area contributed by atoms with Crippen LogP contribution in [-0.2, 0) is 11.5 Å². The maximum Gasteiger partial charge on any atom is 0.436 e. The van der Waals surface area contributed by atoms with Crippen molar-refractivity contribution >= 4 is 5.95 Å². The molecule has 0 bridgehead atoms. The van der Waals surface area contributed by atoms with Crippen molar-refractivity contribution in [1.29, 1.82) is 0 Å². The Balaban J connectivity index is 2.55. The van der Waals surface area contributed by atoms with Crippen molar-refractivity contribution in [3.8, 4) is 0 Å². The molecule has 0 fully saturated rings. The Bertz CT molecular complexity index is 284. The molecule has 6 heteroatoms. The van der Waals surface area contributed by atoms with Gasteiger partial charge in [0.25, 0.3) is 0 Å². The average Bonchev–Trinajstić information content (AvgIpc) is 2.53. The van der Waals surface area contributed by atoms with Crippen molar-refractivity contribution in [2.24, 2.45) is 0 Å². The molecule has 0 saturated heterocycles. The summed E-state index contributed by atoms with van der Waals surface area (Å²) in [5, 5.41) is 10.4. The summed E-state index contributed by atoms with van der Waals surface area (Å²) in [5.74, 6) is -0.184. The molecule has 0 unspecified atom stereocenters. The van der Waals surface area contributed by atoms with Crippen molar-refractivity contribution in [2.75, 3.05) is 6.61 Å². The normalized spacial score (nSPS) is 10.2. The number of imidazole rings is 1. The summed E-state index contributed by atoms with van der Waals surface area (Å²) in [6.07, 6.45) is 3.80. The maximum atomic E-state index is 10.4. The molecule has 0 amide bonds. The Morgan fingerprint density at radius 2 is 2.54 bits per heavy atom. The summed E-state index contributed by atoms with van der Waals surface area (Å²) in [4.78, 5) is 13.4. The molecular weight excluding hydrogens is 174 g/mol. The summed E-state index contributed by atoms with van der Waals surface area (Å²) in [5.41, 5.74) is 0. The molecular formula is C7H11N3O3. The number of ether oxygens (including phenoxy) is 1. The second-order valence-electron chi connectivity index (χ2n) is 2.49. The summed E-state index contributed by atoms with van der Waals surface area (Å²) in [7, 11) is 0. The van der Waals surface area contributed by atoms with Crippen LogP contribution in [0.25, 0.3) is 0 Å². The van der Waals surface area contributed by atoms with Crippen LogP contribution in [0.2, 0.25) is 0 Å². The first-order valence-electron chi connectivity index (χ1n) is 3.99. The van der Waals surface area contributed by atoms with E-state index in [-0.39, 0.29) is 12.7 Å². The molecule has 0 aromatic carbocycles. The summed E-state index contributed by atoms with van der Waals surface area (Å²) >= 11 is 0. The minimum absolute atomic E-state index is 0.184. The average molecular weight is 185 g/mol. The van der Waals surface area contributed by atoms with Gasteiger partial charge in [-0.2, -0.15) is 0 Å². The number of nitro groups is 1. The van der Waals surface area contributed by atoms with Crippen LogP contribution in [0.5, 0.6) is 0 Å². The van der Waals surface area contributed by atoms with Crippen LogP contribution in [0, 0.1) is 10.1 Å². The topological polar surface area (TPSA) is 70.2 Å². The van der Waals surface area contributed by atoms with Gasteiger partial charge in [-0.05, 0) is 11.3 Å². The molecule has 72 valence electrons. The highest BCUT2D eigenvalue weighted by Crippen LogP contribution is 2.06. The fourth-order valence-corrected chi connectivity index (χ4v) is 0.881. The van der Waals surface area contributed by atoms with E-state index in [2.05, 4.69) is 4.98 Å². The smallest absolute Gasteiger partial charge is 0.390 e. The molecule has 0 spiro atoms. The summed E-state index contributed by atoms with van der Waals surface area (Å²) < 4.78 is 6.49. The van der Waals surface area contributed by atoms with E-state index in [4.69, 9.17) is 4.74 Å². The minimum Gasteiger partial charge on any atom is -0.390 e. The van der Waals surface area contributed by atoms with Crippen LogP contribution in [-0.4, -0.2) is 21.1 Å². The number of rotatable bonds is 5. The van der Waals surface area contributed by atoms with E-state index in [1.807, 2.05) is 6.92 Å². The molecule has 1 rings (SSSR count). The highest BCUT2D eigenvalue weighted by atomic mass is 16.6. The molecule has 0 atom stereocenters. The first kappa shape index (κ1) is 9.66. The number of nitrogens with zero attached hydrogens (tertiary/aromatic N) is 3. The Morgan fingerprint density at radius 1 is 1.77 bits per heavy atom. The molecule has 0 radical (unpaired) electrons. The maximum absolute atomic E-state index is 10.4. The SMILES string of the molecule is CCCOCn1ccnc1[N+](=O)[O-]. The zero-order valence-electron chi connectivity index (χ0n) is 7.34. The third kappa shape index (κ3) is 2.51. The Labute approximate surface area is 75.3 Å². The lowest BCUT2D eigenvalue weighted by atomic mass is 10.5. The first-order valence-corrected chi connectivity index (χ1v) is 3.99.